The number of rotatable bonds is 4. The van der Waals surface area contributed by atoms with E-state index in [-0.39, 0.29) is 11.1 Å². The first kappa shape index (κ1) is 13.3. The van der Waals surface area contributed by atoms with Crippen molar-refractivity contribution >= 4 is 21.6 Å². The van der Waals surface area contributed by atoms with Crippen LogP contribution in [0.5, 0.6) is 0 Å². The van der Waals surface area contributed by atoms with Crippen molar-refractivity contribution in [1.82, 2.24) is 4.31 Å². The fraction of sp³-hybridized carbons (Fsp3) is 1.00. The quantitative estimate of drug-likeness (QED) is 0.720. The Kier molecular flexibility index (Phi) is 4.87. The average molecular weight is 254 g/mol. The molecule has 0 aromatic carbocycles. The zero-order valence-electron chi connectivity index (χ0n) is 9.45. The second kappa shape index (κ2) is 5.51. The molecule has 1 unspecified atom stereocenters. The summed E-state index contributed by atoms with van der Waals surface area (Å²) < 4.78 is 25.1. The van der Waals surface area contributed by atoms with Gasteiger partial charge < -0.3 is 0 Å². The molecule has 0 bridgehead atoms. The molecule has 0 saturated carbocycles. The molecule has 0 spiro atoms. The zero-order chi connectivity index (χ0) is 11.5. The highest BCUT2D eigenvalue weighted by Gasteiger charge is 2.28. The number of hydrogen-bond donors (Lipinski definition) is 0. The maximum atomic E-state index is 11.8. The van der Waals surface area contributed by atoms with Crippen molar-refractivity contribution in [3.8, 4) is 0 Å². The Morgan fingerprint density at radius 1 is 1.40 bits per heavy atom. The van der Waals surface area contributed by atoms with Crippen molar-refractivity contribution in [2.24, 2.45) is 5.92 Å². The van der Waals surface area contributed by atoms with Gasteiger partial charge in [-0.25, -0.2) is 12.7 Å². The third kappa shape index (κ3) is 3.61. The van der Waals surface area contributed by atoms with Gasteiger partial charge in [-0.05, 0) is 32.1 Å². The second-order valence-electron chi connectivity index (χ2n) is 4.23. The first-order chi connectivity index (χ1) is 6.97. The summed E-state index contributed by atoms with van der Waals surface area (Å²) in [5.41, 5.74) is 0. The van der Waals surface area contributed by atoms with Gasteiger partial charge in [0.25, 0.3) is 0 Å². The van der Waals surface area contributed by atoms with Crippen LogP contribution in [0.3, 0.4) is 0 Å². The van der Waals surface area contributed by atoms with Gasteiger partial charge in [-0.2, -0.15) is 0 Å². The van der Waals surface area contributed by atoms with Gasteiger partial charge in [0.1, 0.15) is 0 Å². The van der Waals surface area contributed by atoms with E-state index in [1.54, 1.807) is 4.31 Å². The van der Waals surface area contributed by atoms with E-state index < -0.39 is 10.0 Å². The minimum atomic E-state index is -2.99. The smallest absolute Gasteiger partial charge is 0.212 e. The summed E-state index contributed by atoms with van der Waals surface area (Å²) in [5, 5.41) is 0.154. The zero-order valence-corrected chi connectivity index (χ0v) is 11.0. The molecule has 0 amide bonds. The van der Waals surface area contributed by atoms with Crippen LogP contribution in [0.25, 0.3) is 0 Å². The molecule has 0 aromatic rings. The molecule has 1 heterocycles. The predicted octanol–water partition coefficient (Wildman–Crippen LogP) is 2.07. The molecule has 5 heteroatoms. The maximum Gasteiger partial charge on any atom is 0.214 e. The lowest BCUT2D eigenvalue weighted by molar-refractivity contribution is 0.271. The highest BCUT2D eigenvalue weighted by Crippen LogP contribution is 2.25. The van der Waals surface area contributed by atoms with Crippen LogP contribution in [-0.4, -0.2) is 36.9 Å². The van der Waals surface area contributed by atoms with E-state index >= 15 is 0 Å². The van der Waals surface area contributed by atoms with Crippen molar-refractivity contribution in [3.05, 3.63) is 0 Å². The molecular weight excluding hydrogens is 234 g/mol. The van der Waals surface area contributed by atoms with Gasteiger partial charge in [-0.15, -0.1) is 11.6 Å². The van der Waals surface area contributed by atoms with E-state index in [4.69, 9.17) is 11.6 Å². The first-order valence-electron chi connectivity index (χ1n) is 5.59. The largest absolute Gasteiger partial charge is 0.214 e. The number of alkyl halides is 1. The van der Waals surface area contributed by atoms with Crippen LogP contribution < -0.4 is 0 Å². The topological polar surface area (TPSA) is 37.4 Å². The standard InChI is InChI=1S/C10H20ClNO2S/c1-3-8-15(13,14)12-6-4-10(5-7-12)9(2)11/h9-10H,3-8H2,1-2H3. The summed E-state index contributed by atoms with van der Waals surface area (Å²) in [4.78, 5) is 0. The minimum Gasteiger partial charge on any atom is -0.212 e. The van der Waals surface area contributed by atoms with Gasteiger partial charge in [0, 0.05) is 18.5 Å². The van der Waals surface area contributed by atoms with E-state index in [0.717, 1.165) is 12.8 Å². The summed E-state index contributed by atoms with van der Waals surface area (Å²) in [5.74, 6) is 0.744. The third-order valence-corrected chi connectivity index (χ3v) is 5.44. The monoisotopic (exact) mass is 253 g/mol. The highest BCUT2D eigenvalue weighted by molar-refractivity contribution is 7.89. The van der Waals surface area contributed by atoms with Crippen LogP contribution in [0.2, 0.25) is 0 Å². The Morgan fingerprint density at radius 3 is 2.33 bits per heavy atom. The van der Waals surface area contributed by atoms with Crippen LogP contribution in [0.15, 0.2) is 0 Å². The predicted molar refractivity (Wildman–Crippen MR) is 63.7 cm³/mol. The molecule has 0 N–H and O–H groups in total. The molecule has 1 saturated heterocycles. The number of halogens is 1. The first-order valence-corrected chi connectivity index (χ1v) is 7.64. The van der Waals surface area contributed by atoms with Crippen LogP contribution in [0.1, 0.15) is 33.1 Å². The fourth-order valence-electron chi connectivity index (χ4n) is 2.00. The van der Waals surface area contributed by atoms with Crippen LogP contribution >= 0.6 is 11.6 Å². The third-order valence-electron chi connectivity index (χ3n) is 3.00. The Morgan fingerprint density at radius 2 is 1.93 bits per heavy atom. The molecule has 3 nitrogen and oxygen atoms in total. The number of hydrogen-bond acceptors (Lipinski definition) is 2. The Hall–Kier alpha value is 0.200. The Labute approximate surface area is 97.8 Å². The van der Waals surface area contributed by atoms with Gasteiger partial charge in [-0.1, -0.05) is 6.92 Å². The molecule has 1 atom stereocenters. The van der Waals surface area contributed by atoms with Crippen LogP contribution in [0, 0.1) is 5.92 Å². The van der Waals surface area contributed by atoms with Crippen molar-refractivity contribution < 1.29 is 8.42 Å². The lowest BCUT2D eigenvalue weighted by Crippen LogP contribution is -2.41. The second-order valence-corrected chi connectivity index (χ2v) is 7.01. The van der Waals surface area contributed by atoms with Crippen LogP contribution in [0.4, 0.5) is 0 Å². The molecule has 0 aliphatic carbocycles. The summed E-state index contributed by atoms with van der Waals surface area (Å²) in [6.07, 6.45) is 2.48. The SMILES string of the molecule is CCCS(=O)(=O)N1CCC(C(C)Cl)CC1. The van der Waals surface area contributed by atoms with Crippen molar-refractivity contribution in [3.63, 3.8) is 0 Å². The maximum absolute atomic E-state index is 11.8. The van der Waals surface area contributed by atoms with E-state index in [1.807, 2.05) is 13.8 Å². The molecule has 1 fully saturated rings. The lowest BCUT2D eigenvalue weighted by atomic mass is 9.95. The molecule has 15 heavy (non-hydrogen) atoms. The molecule has 0 radical (unpaired) electrons. The number of sulfonamides is 1. The van der Waals surface area contributed by atoms with Gasteiger partial charge in [-0.3, -0.25) is 0 Å². The summed E-state index contributed by atoms with van der Waals surface area (Å²) in [7, 11) is -2.99. The molecule has 0 aromatic heterocycles. The number of nitrogens with zero attached hydrogens (tertiary/aromatic N) is 1. The van der Waals surface area contributed by atoms with E-state index in [0.29, 0.717) is 25.4 Å². The molecule has 1 aliphatic rings. The Bertz CT molecular complexity index is 282. The van der Waals surface area contributed by atoms with Crippen molar-refractivity contribution in [2.75, 3.05) is 18.8 Å². The average Bonchev–Trinajstić information content (AvgIpc) is 2.18. The highest BCUT2D eigenvalue weighted by atomic mass is 35.5. The molecule has 90 valence electrons. The Balaban J connectivity index is 2.50. The van der Waals surface area contributed by atoms with Gasteiger partial charge in [0.15, 0.2) is 0 Å². The lowest BCUT2D eigenvalue weighted by Gasteiger charge is -2.32. The van der Waals surface area contributed by atoms with Gasteiger partial charge in [0.2, 0.25) is 10.0 Å². The van der Waals surface area contributed by atoms with Crippen molar-refractivity contribution in [1.29, 1.82) is 0 Å². The normalized spacial score (nSPS) is 22.9. The van der Waals surface area contributed by atoms with E-state index in [2.05, 4.69) is 0 Å². The fourth-order valence-corrected chi connectivity index (χ4v) is 3.79. The van der Waals surface area contributed by atoms with Gasteiger partial charge in [0.05, 0.1) is 5.75 Å². The van der Waals surface area contributed by atoms with E-state index in [9.17, 15) is 8.42 Å². The molecule has 1 aliphatic heterocycles. The summed E-state index contributed by atoms with van der Waals surface area (Å²) in [6.45, 7) is 5.17. The number of piperidine rings is 1. The molecule has 1 rings (SSSR count). The minimum absolute atomic E-state index is 0.154. The van der Waals surface area contributed by atoms with E-state index in [1.165, 1.54) is 0 Å². The molecular formula is C10H20ClNO2S. The van der Waals surface area contributed by atoms with Crippen LogP contribution in [-0.2, 0) is 10.0 Å². The summed E-state index contributed by atoms with van der Waals surface area (Å²) >= 11 is 6.01. The van der Waals surface area contributed by atoms with Gasteiger partial charge >= 0.3 is 0 Å². The summed E-state index contributed by atoms with van der Waals surface area (Å²) in [6, 6.07) is 0. The van der Waals surface area contributed by atoms with Crippen molar-refractivity contribution in [2.45, 2.75) is 38.5 Å².